The number of carbonyl (C=O) groups is 2. The van der Waals surface area contributed by atoms with Gasteiger partial charge in [0.05, 0.1) is 25.8 Å². The van der Waals surface area contributed by atoms with Crippen molar-refractivity contribution in [1.29, 1.82) is 0 Å². The molecule has 0 atom stereocenters. The van der Waals surface area contributed by atoms with Crippen LogP contribution in [0.2, 0.25) is 0 Å². The van der Waals surface area contributed by atoms with Crippen LogP contribution in [0.25, 0.3) is 0 Å². The van der Waals surface area contributed by atoms with Crippen LogP contribution in [-0.4, -0.2) is 47.2 Å². The normalized spacial score (nSPS) is 10.4. The van der Waals surface area contributed by atoms with Crippen molar-refractivity contribution in [3.8, 4) is 5.75 Å². The van der Waals surface area contributed by atoms with E-state index in [9.17, 15) is 9.59 Å². The number of nitrogens with zero attached hydrogens (tertiary/aromatic N) is 3. The van der Waals surface area contributed by atoms with E-state index in [-0.39, 0.29) is 24.8 Å². The molecule has 0 unspecified atom stereocenters. The van der Waals surface area contributed by atoms with Gasteiger partial charge >= 0.3 is 0 Å². The Morgan fingerprint density at radius 2 is 2.04 bits per heavy atom. The van der Waals surface area contributed by atoms with E-state index >= 15 is 0 Å². The fourth-order valence-electron chi connectivity index (χ4n) is 2.56. The molecule has 0 fully saturated rings. The molecule has 0 aliphatic heterocycles. The van der Waals surface area contributed by atoms with Gasteiger partial charge in [0.25, 0.3) is 0 Å². The molecule has 0 radical (unpaired) electrons. The number of likely N-dealkylation sites (N-methyl/N-ethyl adjacent to an activating group) is 1. The third kappa shape index (κ3) is 4.59. The Balaban J connectivity index is 1.94. The second-order valence-corrected chi connectivity index (χ2v) is 5.98. The quantitative estimate of drug-likeness (QED) is 0.865. The van der Waals surface area contributed by atoms with Gasteiger partial charge in [0.1, 0.15) is 5.75 Å². The summed E-state index contributed by atoms with van der Waals surface area (Å²) in [7, 11) is 5.03. The number of amides is 2. The second kappa shape index (κ2) is 7.83. The number of benzene rings is 1. The lowest BCUT2D eigenvalue weighted by molar-refractivity contribution is -0.132. The Morgan fingerprint density at radius 3 is 2.64 bits per heavy atom. The van der Waals surface area contributed by atoms with Gasteiger partial charge in [0.15, 0.2) is 0 Å². The molecule has 1 aromatic heterocycles. The highest BCUT2D eigenvalue weighted by molar-refractivity contribution is 5.94. The van der Waals surface area contributed by atoms with Gasteiger partial charge in [-0.1, -0.05) is 6.07 Å². The topological polar surface area (TPSA) is 76.5 Å². The summed E-state index contributed by atoms with van der Waals surface area (Å²) in [6.45, 7) is 3.79. The number of aryl methyl sites for hydroxylation is 2. The zero-order valence-corrected chi connectivity index (χ0v) is 15.3. The molecule has 2 amide bonds. The summed E-state index contributed by atoms with van der Waals surface area (Å²) in [6, 6.07) is 7.08. The summed E-state index contributed by atoms with van der Waals surface area (Å²) < 4.78 is 6.88. The highest BCUT2D eigenvalue weighted by atomic mass is 16.5. The first-order chi connectivity index (χ1) is 11.8. The van der Waals surface area contributed by atoms with Gasteiger partial charge in [-0.2, -0.15) is 5.10 Å². The molecule has 0 aliphatic carbocycles. The highest BCUT2D eigenvalue weighted by Gasteiger charge is 2.18. The molecular formula is C18H24N4O3. The standard InChI is InChI=1S/C18H24N4O3/c1-12-16(13(2)22(4)20-12)10-18(24)21(3)11-17(23)19-14-7-6-8-15(9-14)25-5/h6-9H,10-11H2,1-5H3,(H,19,23). The van der Waals surface area contributed by atoms with Crippen LogP contribution in [0.3, 0.4) is 0 Å². The first-order valence-electron chi connectivity index (χ1n) is 7.98. The number of hydrogen-bond acceptors (Lipinski definition) is 4. The van der Waals surface area contributed by atoms with Gasteiger partial charge in [-0.25, -0.2) is 0 Å². The lowest BCUT2D eigenvalue weighted by atomic mass is 10.1. The minimum absolute atomic E-state index is 0.0194. The predicted octanol–water partition coefficient (Wildman–Crippen LogP) is 1.69. The van der Waals surface area contributed by atoms with Gasteiger partial charge in [0, 0.05) is 37.1 Å². The van der Waals surface area contributed by atoms with Crippen molar-refractivity contribution in [2.24, 2.45) is 7.05 Å². The molecule has 2 aromatic rings. The van der Waals surface area contributed by atoms with E-state index in [1.165, 1.54) is 4.90 Å². The highest BCUT2D eigenvalue weighted by Crippen LogP contribution is 2.17. The number of methoxy groups -OCH3 is 1. The first kappa shape index (κ1) is 18.5. The minimum atomic E-state index is -0.260. The van der Waals surface area contributed by atoms with E-state index in [1.807, 2.05) is 20.9 Å². The maximum Gasteiger partial charge on any atom is 0.243 e. The average Bonchev–Trinajstić information content (AvgIpc) is 2.81. The summed E-state index contributed by atoms with van der Waals surface area (Å²) in [5.74, 6) is 0.272. The van der Waals surface area contributed by atoms with E-state index < -0.39 is 0 Å². The van der Waals surface area contributed by atoms with Gasteiger partial charge in [-0.05, 0) is 26.0 Å². The molecule has 0 saturated carbocycles. The average molecular weight is 344 g/mol. The van der Waals surface area contributed by atoms with E-state index in [4.69, 9.17) is 4.74 Å². The summed E-state index contributed by atoms with van der Waals surface area (Å²) in [6.07, 6.45) is 0.231. The summed E-state index contributed by atoms with van der Waals surface area (Å²) in [4.78, 5) is 26.0. The number of ether oxygens (including phenoxy) is 1. The van der Waals surface area contributed by atoms with Crippen molar-refractivity contribution in [3.63, 3.8) is 0 Å². The molecule has 1 aromatic carbocycles. The molecule has 1 heterocycles. The fourth-order valence-corrected chi connectivity index (χ4v) is 2.56. The third-order valence-corrected chi connectivity index (χ3v) is 4.15. The van der Waals surface area contributed by atoms with E-state index in [0.29, 0.717) is 11.4 Å². The maximum atomic E-state index is 12.4. The van der Waals surface area contributed by atoms with Crippen molar-refractivity contribution in [3.05, 3.63) is 41.2 Å². The number of anilines is 1. The van der Waals surface area contributed by atoms with Gasteiger partial charge < -0.3 is 15.0 Å². The molecule has 0 aliphatic rings. The number of carbonyl (C=O) groups excluding carboxylic acids is 2. The number of nitrogens with one attached hydrogen (secondary N) is 1. The fraction of sp³-hybridized carbons (Fsp3) is 0.389. The summed E-state index contributed by atoms with van der Waals surface area (Å²) in [5.41, 5.74) is 3.33. The molecule has 2 rings (SSSR count). The Morgan fingerprint density at radius 1 is 1.32 bits per heavy atom. The monoisotopic (exact) mass is 344 g/mol. The molecule has 7 nitrogen and oxygen atoms in total. The van der Waals surface area contributed by atoms with Crippen molar-refractivity contribution in [2.45, 2.75) is 20.3 Å². The van der Waals surface area contributed by atoms with Gasteiger partial charge in [-0.15, -0.1) is 0 Å². The predicted molar refractivity (Wildman–Crippen MR) is 95.6 cm³/mol. The molecule has 0 spiro atoms. The lowest BCUT2D eigenvalue weighted by Crippen LogP contribution is -2.36. The van der Waals surface area contributed by atoms with Crippen LogP contribution in [0.15, 0.2) is 24.3 Å². The smallest absolute Gasteiger partial charge is 0.243 e. The molecule has 1 N–H and O–H groups in total. The summed E-state index contributed by atoms with van der Waals surface area (Å²) in [5, 5.41) is 7.07. The van der Waals surface area contributed by atoms with Crippen molar-refractivity contribution >= 4 is 17.5 Å². The molecule has 7 heteroatoms. The second-order valence-electron chi connectivity index (χ2n) is 5.98. The number of hydrogen-bond donors (Lipinski definition) is 1. The molecule has 25 heavy (non-hydrogen) atoms. The molecule has 0 saturated heterocycles. The molecule has 0 bridgehead atoms. The van der Waals surface area contributed by atoms with Crippen LogP contribution in [0.1, 0.15) is 17.0 Å². The number of rotatable bonds is 6. The molecular weight excluding hydrogens is 320 g/mol. The summed E-state index contributed by atoms with van der Waals surface area (Å²) >= 11 is 0. The van der Waals surface area contributed by atoms with Crippen LogP contribution < -0.4 is 10.1 Å². The van der Waals surface area contributed by atoms with Crippen molar-refractivity contribution in [2.75, 3.05) is 26.0 Å². The Kier molecular flexibility index (Phi) is 5.80. The number of aromatic nitrogens is 2. The van der Waals surface area contributed by atoms with Crippen molar-refractivity contribution in [1.82, 2.24) is 14.7 Å². The van der Waals surface area contributed by atoms with Crippen LogP contribution in [-0.2, 0) is 23.1 Å². The van der Waals surface area contributed by atoms with E-state index in [2.05, 4.69) is 10.4 Å². The van der Waals surface area contributed by atoms with E-state index in [0.717, 1.165) is 17.0 Å². The van der Waals surface area contributed by atoms with Gasteiger partial charge in [0.2, 0.25) is 11.8 Å². The maximum absolute atomic E-state index is 12.4. The Bertz CT molecular complexity index is 783. The Hall–Kier alpha value is -2.83. The lowest BCUT2D eigenvalue weighted by Gasteiger charge is -2.17. The zero-order chi connectivity index (χ0) is 18.6. The minimum Gasteiger partial charge on any atom is -0.497 e. The van der Waals surface area contributed by atoms with Crippen LogP contribution in [0, 0.1) is 13.8 Å². The Labute approximate surface area is 147 Å². The first-order valence-corrected chi connectivity index (χ1v) is 7.98. The van der Waals surface area contributed by atoms with Gasteiger partial charge in [-0.3, -0.25) is 14.3 Å². The van der Waals surface area contributed by atoms with E-state index in [1.54, 1.807) is 43.1 Å². The zero-order valence-electron chi connectivity index (χ0n) is 15.3. The molecule has 134 valence electrons. The van der Waals surface area contributed by atoms with Crippen molar-refractivity contribution < 1.29 is 14.3 Å². The van der Waals surface area contributed by atoms with Crippen LogP contribution >= 0.6 is 0 Å². The largest absolute Gasteiger partial charge is 0.497 e. The SMILES string of the molecule is COc1cccc(NC(=O)CN(C)C(=O)Cc2c(C)nn(C)c2C)c1. The third-order valence-electron chi connectivity index (χ3n) is 4.15. The van der Waals surface area contributed by atoms with Crippen LogP contribution in [0.5, 0.6) is 5.75 Å². The van der Waals surface area contributed by atoms with Crippen LogP contribution in [0.4, 0.5) is 5.69 Å².